The molecule has 0 radical (unpaired) electrons. The van der Waals surface area contributed by atoms with E-state index in [0.29, 0.717) is 23.1 Å². The van der Waals surface area contributed by atoms with Crippen LogP contribution in [-0.2, 0) is 0 Å². The van der Waals surface area contributed by atoms with Crippen LogP contribution in [-0.4, -0.2) is 34.4 Å². The van der Waals surface area contributed by atoms with E-state index in [9.17, 15) is 0 Å². The molecule has 0 aliphatic carbocycles. The predicted octanol–water partition coefficient (Wildman–Crippen LogP) is 3.78. The summed E-state index contributed by atoms with van der Waals surface area (Å²) in [6.45, 7) is 0. The Morgan fingerprint density at radius 2 is 1.73 bits per heavy atom. The van der Waals surface area contributed by atoms with E-state index in [1.807, 2.05) is 48.5 Å². The second kappa shape index (κ2) is 6.72. The molecule has 0 saturated carbocycles. The lowest BCUT2D eigenvalue weighted by Gasteiger charge is -2.12. The van der Waals surface area contributed by atoms with Gasteiger partial charge >= 0.3 is 0 Å². The largest absolute Gasteiger partial charge is 0.493 e. The van der Waals surface area contributed by atoms with Crippen LogP contribution < -0.4 is 14.8 Å². The van der Waals surface area contributed by atoms with Crippen molar-refractivity contribution in [3.05, 3.63) is 54.7 Å². The van der Waals surface area contributed by atoms with Gasteiger partial charge in [0, 0.05) is 17.3 Å². The fourth-order valence-electron chi connectivity index (χ4n) is 2.70. The lowest BCUT2D eigenvalue weighted by Crippen LogP contribution is -2.00. The third-order valence-corrected chi connectivity index (χ3v) is 3.98. The Morgan fingerprint density at radius 1 is 0.923 bits per heavy atom. The molecule has 0 spiro atoms. The SMILES string of the molecule is COc1ccc(Nc2nc(-c3ccccc3)nc3cn[nH]c23)cc1OC. The molecular formula is C19H17N5O2. The Hall–Kier alpha value is -3.61. The minimum absolute atomic E-state index is 0.627. The highest BCUT2D eigenvalue weighted by molar-refractivity contribution is 5.88. The normalized spacial score (nSPS) is 10.7. The summed E-state index contributed by atoms with van der Waals surface area (Å²) in [5.74, 6) is 2.56. The summed E-state index contributed by atoms with van der Waals surface area (Å²) in [6.07, 6.45) is 1.68. The van der Waals surface area contributed by atoms with Crippen molar-refractivity contribution in [2.45, 2.75) is 0 Å². The maximum Gasteiger partial charge on any atom is 0.162 e. The summed E-state index contributed by atoms with van der Waals surface area (Å²) in [4.78, 5) is 9.25. The molecule has 7 nitrogen and oxygen atoms in total. The number of methoxy groups -OCH3 is 2. The highest BCUT2D eigenvalue weighted by Gasteiger charge is 2.12. The van der Waals surface area contributed by atoms with Crippen LogP contribution in [0.1, 0.15) is 0 Å². The second-order valence-electron chi connectivity index (χ2n) is 5.59. The predicted molar refractivity (Wildman–Crippen MR) is 99.9 cm³/mol. The zero-order valence-electron chi connectivity index (χ0n) is 14.4. The average Bonchev–Trinajstić information content (AvgIpc) is 3.17. The minimum atomic E-state index is 0.627. The standard InChI is InChI=1S/C19H17N5O2/c1-25-15-9-8-13(10-16(15)26-2)21-19-17-14(11-20-24-17)22-18(23-19)12-6-4-3-5-7-12/h3-11H,1-2H3,(H,20,24)(H,21,22,23). The Bertz CT molecular complexity index is 1050. The smallest absolute Gasteiger partial charge is 0.162 e. The Morgan fingerprint density at radius 3 is 2.50 bits per heavy atom. The van der Waals surface area contributed by atoms with Crippen molar-refractivity contribution in [3.63, 3.8) is 0 Å². The molecule has 130 valence electrons. The van der Waals surface area contributed by atoms with Gasteiger partial charge in [0.15, 0.2) is 23.1 Å². The molecule has 0 unspecified atom stereocenters. The number of fused-ring (bicyclic) bond motifs is 1. The highest BCUT2D eigenvalue weighted by atomic mass is 16.5. The maximum absolute atomic E-state index is 5.36. The molecule has 2 N–H and O–H groups in total. The molecule has 0 atom stereocenters. The van der Waals surface area contributed by atoms with Crippen molar-refractivity contribution in [2.24, 2.45) is 0 Å². The summed E-state index contributed by atoms with van der Waals surface area (Å²) in [6, 6.07) is 15.4. The van der Waals surface area contributed by atoms with E-state index in [1.165, 1.54) is 0 Å². The lowest BCUT2D eigenvalue weighted by molar-refractivity contribution is 0.355. The fourth-order valence-corrected chi connectivity index (χ4v) is 2.70. The minimum Gasteiger partial charge on any atom is -0.493 e. The van der Waals surface area contributed by atoms with Crippen LogP contribution in [0.4, 0.5) is 11.5 Å². The molecule has 0 aliphatic heterocycles. The maximum atomic E-state index is 5.36. The number of aromatic nitrogens is 4. The van der Waals surface area contributed by atoms with Gasteiger partial charge in [-0.25, -0.2) is 9.97 Å². The third kappa shape index (κ3) is 2.90. The van der Waals surface area contributed by atoms with E-state index in [2.05, 4.69) is 25.5 Å². The van der Waals surface area contributed by atoms with Gasteiger partial charge < -0.3 is 14.8 Å². The number of hydrogen-bond acceptors (Lipinski definition) is 6. The molecule has 7 heteroatoms. The highest BCUT2D eigenvalue weighted by Crippen LogP contribution is 2.32. The fraction of sp³-hybridized carbons (Fsp3) is 0.105. The van der Waals surface area contributed by atoms with Gasteiger partial charge in [-0.15, -0.1) is 0 Å². The Balaban J connectivity index is 1.77. The van der Waals surface area contributed by atoms with Gasteiger partial charge in [0.25, 0.3) is 0 Å². The summed E-state index contributed by atoms with van der Waals surface area (Å²) < 4.78 is 10.6. The van der Waals surface area contributed by atoms with Gasteiger partial charge in [-0.1, -0.05) is 30.3 Å². The number of hydrogen-bond donors (Lipinski definition) is 2. The Kier molecular flexibility index (Phi) is 4.10. The third-order valence-electron chi connectivity index (χ3n) is 3.98. The second-order valence-corrected chi connectivity index (χ2v) is 5.59. The van der Waals surface area contributed by atoms with Gasteiger partial charge in [-0.2, -0.15) is 5.10 Å². The summed E-state index contributed by atoms with van der Waals surface area (Å²) in [5, 5.41) is 10.3. The van der Waals surface area contributed by atoms with E-state index in [-0.39, 0.29) is 0 Å². The molecule has 26 heavy (non-hydrogen) atoms. The molecule has 0 fully saturated rings. The molecule has 4 aromatic rings. The number of benzene rings is 2. The van der Waals surface area contributed by atoms with Crippen molar-refractivity contribution in [3.8, 4) is 22.9 Å². The molecule has 2 aromatic heterocycles. The first-order valence-corrected chi connectivity index (χ1v) is 8.04. The molecule has 4 rings (SSSR count). The van der Waals surface area contributed by atoms with Gasteiger partial charge in [0.1, 0.15) is 11.0 Å². The number of ether oxygens (including phenoxy) is 2. The first-order valence-electron chi connectivity index (χ1n) is 8.04. The van der Waals surface area contributed by atoms with Gasteiger partial charge in [0.05, 0.1) is 20.4 Å². The van der Waals surface area contributed by atoms with Crippen molar-refractivity contribution in [2.75, 3.05) is 19.5 Å². The molecular weight excluding hydrogens is 330 g/mol. The lowest BCUT2D eigenvalue weighted by atomic mass is 10.2. The number of anilines is 2. The average molecular weight is 347 g/mol. The van der Waals surface area contributed by atoms with Crippen molar-refractivity contribution in [1.29, 1.82) is 0 Å². The van der Waals surface area contributed by atoms with Gasteiger partial charge in [-0.05, 0) is 12.1 Å². The van der Waals surface area contributed by atoms with E-state index in [1.54, 1.807) is 20.4 Å². The number of nitrogens with zero attached hydrogens (tertiary/aromatic N) is 3. The number of rotatable bonds is 5. The van der Waals surface area contributed by atoms with Crippen LogP contribution in [0.5, 0.6) is 11.5 Å². The van der Waals surface area contributed by atoms with E-state index in [0.717, 1.165) is 22.3 Å². The van der Waals surface area contributed by atoms with E-state index in [4.69, 9.17) is 9.47 Å². The first-order chi connectivity index (χ1) is 12.8. The summed E-state index contributed by atoms with van der Waals surface area (Å²) in [5.41, 5.74) is 3.23. The molecule has 2 aromatic carbocycles. The number of H-pyrrole nitrogens is 1. The van der Waals surface area contributed by atoms with Gasteiger partial charge in [0.2, 0.25) is 0 Å². The topological polar surface area (TPSA) is 85.0 Å². The first kappa shape index (κ1) is 15.9. The van der Waals surface area contributed by atoms with Crippen LogP contribution in [0.15, 0.2) is 54.7 Å². The molecule has 0 saturated heterocycles. The van der Waals surface area contributed by atoms with Gasteiger partial charge in [-0.3, -0.25) is 5.10 Å². The molecule has 0 aliphatic rings. The van der Waals surface area contributed by atoms with Crippen molar-refractivity contribution < 1.29 is 9.47 Å². The zero-order chi connectivity index (χ0) is 17.9. The van der Waals surface area contributed by atoms with Crippen LogP contribution >= 0.6 is 0 Å². The van der Waals surface area contributed by atoms with Crippen LogP contribution in [0.2, 0.25) is 0 Å². The van der Waals surface area contributed by atoms with Crippen LogP contribution in [0, 0.1) is 0 Å². The van der Waals surface area contributed by atoms with Crippen molar-refractivity contribution in [1.82, 2.24) is 20.2 Å². The van der Waals surface area contributed by atoms with Crippen LogP contribution in [0.25, 0.3) is 22.4 Å². The summed E-state index contributed by atoms with van der Waals surface area (Å²) in [7, 11) is 3.21. The van der Waals surface area contributed by atoms with Crippen molar-refractivity contribution >= 4 is 22.5 Å². The quantitative estimate of drug-likeness (QED) is 0.571. The number of aromatic amines is 1. The summed E-state index contributed by atoms with van der Waals surface area (Å²) >= 11 is 0. The Labute approximate surface area is 150 Å². The molecule has 0 bridgehead atoms. The molecule has 0 amide bonds. The zero-order valence-corrected chi connectivity index (χ0v) is 14.4. The van der Waals surface area contributed by atoms with E-state index < -0.39 is 0 Å². The monoisotopic (exact) mass is 347 g/mol. The number of nitrogens with one attached hydrogen (secondary N) is 2. The van der Waals surface area contributed by atoms with E-state index >= 15 is 0 Å². The molecule has 2 heterocycles. The van der Waals surface area contributed by atoms with Crippen LogP contribution in [0.3, 0.4) is 0 Å².